The van der Waals surface area contributed by atoms with E-state index < -0.39 is 5.91 Å². The van der Waals surface area contributed by atoms with Crippen LogP contribution in [0, 0.1) is 12.7 Å². The zero-order valence-corrected chi connectivity index (χ0v) is 24.2. The minimum Gasteiger partial charge on any atom is -0.324 e. The molecule has 9 heteroatoms. The summed E-state index contributed by atoms with van der Waals surface area (Å²) in [7, 11) is 0. The Bertz CT molecular complexity index is 1980. The normalized spacial score (nSPS) is 10.6. The average molecular weight is 595 g/mol. The van der Waals surface area contributed by atoms with Gasteiger partial charge in [0.05, 0.1) is 23.1 Å². The van der Waals surface area contributed by atoms with Crippen molar-refractivity contribution in [2.24, 2.45) is 0 Å². The second-order valence-electron chi connectivity index (χ2n) is 10.2. The van der Waals surface area contributed by atoms with Crippen molar-refractivity contribution in [1.82, 2.24) is 15.0 Å². The molecule has 2 aromatic heterocycles. The number of hydrogen-bond donors (Lipinski definition) is 3. The molecule has 0 aliphatic carbocycles. The number of carbonyl (C=O) groups is 2. The molecule has 6 rings (SSSR count). The fourth-order valence-electron chi connectivity index (χ4n) is 4.64. The molecule has 2 amide bonds. The smallest absolute Gasteiger partial charge is 0.257 e. The fourth-order valence-corrected chi connectivity index (χ4v) is 4.64. The van der Waals surface area contributed by atoms with E-state index >= 15 is 0 Å². The van der Waals surface area contributed by atoms with Gasteiger partial charge in [0.25, 0.3) is 11.8 Å². The van der Waals surface area contributed by atoms with Crippen LogP contribution in [-0.2, 0) is 0 Å². The fraction of sp³-hybridized carbons (Fsp3) is 0.0278. The summed E-state index contributed by atoms with van der Waals surface area (Å²) in [5.74, 6) is -0.673. The van der Waals surface area contributed by atoms with Crippen LogP contribution in [0.4, 0.5) is 27.4 Å². The minimum atomic E-state index is -0.393. The van der Waals surface area contributed by atoms with Gasteiger partial charge in [0.2, 0.25) is 5.95 Å². The van der Waals surface area contributed by atoms with E-state index in [2.05, 4.69) is 30.9 Å². The van der Waals surface area contributed by atoms with E-state index in [0.29, 0.717) is 34.3 Å². The topological polar surface area (TPSA) is 109 Å². The van der Waals surface area contributed by atoms with Crippen molar-refractivity contribution in [2.45, 2.75) is 6.92 Å². The summed E-state index contributed by atoms with van der Waals surface area (Å²) in [6.45, 7) is 1.92. The van der Waals surface area contributed by atoms with Gasteiger partial charge in [-0.1, -0.05) is 48.5 Å². The Morgan fingerprint density at radius 1 is 0.667 bits per heavy atom. The predicted molar refractivity (Wildman–Crippen MR) is 174 cm³/mol. The number of nitrogens with zero attached hydrogens (tertiary/aromatic N) is 3. The number of rotatable bonds is 8. The molecule has 0 saturated heterocycles. The van der Waals surface area contributed by atoms with Gasteiger partial charge in [0, 0.05) is 34.9 Å². The molecule has 3 N–H and O–H groups in total. The van der Waals surface area contributed by atoms with Crippen molar-refractivity contribution in [3.63, 3.8) is 0 Å². The molecule has 4 aromatic carbocycles. The minimum absolute atomic E-state index is 0.276. The second-order valence-corrected chi connectivity index (χ2v) is 10.2. The lowest BCUT2D eigenvalue weighted by molar-refractivity contribution is 0.101. The maximum atomic E-state index is 13.3. The zero-order chi connectivity index (χ0) is 31.2. The van der Waals surface area contributed by atoms with Crippen LogP contribution in [-0.4, -0.2) is 26.8 Å². The van der Waals surface area contributed by atoms with Crippen molar-refractivity contribution in [2.75, 3.05) is 16.0 Å². The third kappa shape index (κ3) is 7.06. The van der Waals surface area contributed by atoms with E-state index in [4.69, 9.17) is 0 Å². The number of carbonyl (C=O) groups excluding carboxylic acids is 2. The SMILES string of the molecule is Cc1ccc(NC(=O)c2cncc(NC(=O)c3ccc(-c4ccccc4)cc3)c2)cc1Nc1nccc(-c2ccc(F)cc2)n1. The van der Waals surface area contributed by atoms with E-state index in [0.717, 1.165) is 22.3 Å². The largest absolute Gasteiger partial charge is 0.324 e. The number of pyridine rings is 1. The van der Waals surface area contributed by atoms with Crippen LogP contribution in [0.3, 0.4) is 0 Å². The molecule has 0 saturated carbocycles. The Balaban J connectivity index is 1.12. The van der Waals surface area contributed by atoms with E-state index in [1.165, 1.54) is 24.5 Å². The molecule has 0 aliphatic rings. The van der Waals surface area contributed by atoms with E-state index in [1.807, 2.05) is 55.5 Å². The van der Waals surface area contributed by atoms with Gasteiger partial charge < -0.3 is 16.0 Å². The van der Waals surface area contributed by atoms with Crippen LogP contribution in [0.5, 0.6) is 0 Å². The van der Waals surface area contributed by atoms with Gasteiger partial charge >= 0.3 is 0 Å². The first-order valence-corrected chi connectivity index (χ1v) is 14.1. The number of anilines is 4. The third-order valence-electron chi connectivity index (χ3n) is 7.05. The quantitative estimate of drug-likeness (QED) is 0.165. The number of nitrogens with one attached hydrogen (secondary N) is 3. The molecule has 0 radical (unpaired) electrons. The molecular weight excluding hydrogens is 567 g/mol. The van der Waals surface area contributed by atoms with Gasteiger partial charge in [0.1, 0.15) is 5.82 Å². The second kappa shape index (κ2) is 13.0. The Morgan fingerprint density at radius 3 is 2.13 bits per heavy atom. The number of benzene rings is 4. The monoisotopic (exact) mass is 594 g/mol. The maximum Gasteiger partial charge on any atom is 0.257 e. The lowest BCUT2D eigenvalue weighted by Gasteiger charge is -2.12. The molecule has 2 heterocycles. The Hall–Kier alpha value is -6.22. The first kappa shape index (κ1) is 28.9. The predicted octanol–water partition coefficient (Wildman–Crippen LogP) is 7.90. The molecule has 0 spiro atoms. The van der Waals surface area contributed by atoms with Gasteiger partial charge in [-0.05, 0) is 84.3 Å². The maximum absolute atomic E-state index is 13.3. The molecule has 0 atom stereocenters. The summed E-state index contributed by atoms with van der Waals surface area (Å²) >= 11 is 0. The van der Waals surface area contributed by atoms with Crippen molar-refractivity contribution >= 4 is 34.8 Å². The summed E-state index contributed by atoms with van der Waals surface area (Å²) in [5.41, 5.74) is 6.76. The van der Waals surface area contributed by atoms with Crippen molar-refractivity contribution in [3.8, 4) is 22.4 Å². The summed E-state index contributed by atoms with van der Waals surface area (Å²) in [4.78, 5) is 39.0. The highest BCUT2D eigenvalue weighted by Gasteiger charge is 2.13. The van der Waals surface area contributed by atoms with Crippen molar-refractivity contribution in [1.29, 1.82) is 0 Å². The average Bonchev–Trinajstić information content (AvgIpc) is 3.07. The standard InChI is InChI=1S/C36H27FN6O2/c1-23-7-16-30(20-33(23)43-36-39-18-17-32(42-36)26-12-14-29(37)15-13-26)40-35(45)28-19-31(22-38-21-28)41-34(44)27-10-8-25(9-11-27)24-5-3-2-4-6-24/h2-22H,1H3,(H,40,45)(H,41,44)(H,39,42,43). The van der Waals surface area contributed by atoms with Gasteiger partial charge in [-0.15, -0.1) is 0 Å². The molecule has 0 aliphatic heterocycles. The number of halogens is 1. The third-order valence-corrected chi connectivity index (χ3v) is 7.05. The van der Waals surface area contributed by atoms with Gasteiger partial charge in [-0.2, -0.15) is 0 Å². The van der Waals surface area contributed by atoms with Crippen LogP contribution < -0.4 is 16.0 Å². The summed E-state index contributed by atoms with van der Waals surface area (Å²) in [5, 5.41) is 8.89. The van der Waals surface area contributed by atoms with Gasteiger partial charge in [0.15, 0.2) is 0 Å². The molecule has 0 unspecified atom stereocenters. The highest BCUT2D eigenvalue weighted by atomic mass is 19.1. The number of hydrogen-bond acceptors (Lipinski definition) is 6. The number of amides is 2. The van der Waals surface area contributed by atoms with E-state index in [-0.39, 0.29) is 17.3 Å². The molecule has 6 aromatic rings. The highest BCUT2D eigenvalue weighted by molar-refractivity contribution is 6.07. The van der Waals surface area contributed by atoms with Crippen LogP contribution in [0.1, 0.15) is 26.3 Å². The highest BCUT2D eigenvalue weighted by Crippen LogP contribution is 2.25. The molecular formula is C36H27FN6O2. The van der Waals surface area contributed by atoms with Crippen molar-refractivity contribution < 1.29 is 14.0 Å². The molecule has 220 valence electrons. The number of aryl methyl sites for hydroxylation is 1. The molecule has 45 heavy (non-hydrogen) atoms. The van der Waals surface area contributed by atoms with Crippen LogP contribution in [0.25, 0.3) is 22.4 Å². The zero-order valence-electron chi connectivity index (χ0n) is 24.2. The lowest BCUT2D eigenvalue weighted by atomic mass is 10.0. The Morgan fingerprint density at radius 2 is 1.36 bits per heavy atom. The first-order chi connectivity index (χ1) is 21.9. The Kier molecular flexibility index (Phi) is 8.32. The lowest BCUT2D eigenvalue weighted by Crippen LogP contribution is -2.15. The van der Waals surface area contributed by atoms with E-state index in [9.17, 15) is 14.0 Å². The first-order valence-electron chi connectivity index (χ1n) is 14.1. The van der Waals surface area contributed by atoms with E-state index in [1.54, 1.807) is 54.7 Å². The number of aromatic nitrogens is 3. The van der Waals surface area contributed by atoms with Gasteiger partial charge in [-0.3, -0.25) is 14.6 Å². The van der Waals surface area contributed by atoms with Crippen LogP contribution in [0.15, 0.2) is 128 Å². The Labute approximate surface area is 259 Å². The molecule has 8 nitrogen and oxygen atoms in total. The summed E-state index contributed by atoms with van der Waals surface area (Å²) in [6.07, 6.45) is 4.54. The van der Waals surface area contributed by atoms with Gasteiger partial charge in [-0.25, -0.2) is 14.4 Å². The molecule has 0 fully saturated rings. The molecule has 0 bridgehead atoms. The summed E-state index contributed by atoms with van der Waals surface area (Å²) < 4.78 is 13.3. The van der Waals surface area contributed by atoms with Crippen LogP contribution in [0.2, 0.25) is 0 Å². The van der Waals surface area contributed by atoms with Crippen LogP contribution >= 0.6 is 0 Å². The summed E-state index contributed by atoms with van der Waals surface area (Å²) in [6, 6.07) is 32.0. The van der Waals surface area contributed by atoms with Crippen molar-refractivity contribution in [3.05, 3.63) is 150 Å².